The molecule has 0 radical (unpaired) electrons. The van der Waals surface area contributed by atoms with Gasteiger partial charge in [0.1, 0.15) is 5.01 Å². The first-order chi connectivity index (χ1) is 13.2. The lowest BCUT2D eigenvalue weighted by molar-refractivity contribution is 0.102. The summed E-state index contributed by atoms with van der Waals surface area (Å²) in [6, 6.07) is 25.5. The quantitative estimate of drug-likeness (QED) is 0.345. The maximum Gasteiger partial charge on any atom is 0.256 e. The number of nitrogens with zero attached hydrogens (tertiary/aromatic N) is 1. The third-order valence-electron chi connectivity index (χ3n) is 4.08. The number of carbonyl (C=O) groups excluding carboxylic acids is 1. The Kier molecular flexibility index (Phi) is 5.31. The van der Waals surface area contributed by atoms with Crippen molar-refractivity contribution in [2.75, 3.05) is 5.32 Å². The van der Waals surface area contributed by atoms with Gasteiger partial charge in [0.15, 0.2) is 0 Å². The average molecular weight is 482 g/mol. The molecule has 0 spiro atoms. The SMILES string of the molecule is O=C(Nc1ccc(-c2csc(-c3ccccc3)n2)cc1)c1ccccc1I. The van der Waals surface area contributed by atoms with E-state index in [1.807, 2.05) is 66.7 Å². The molecule has 0 aliphatic rings. The lowest BCUT2D eigenvalue weighted by atomic mass is 10.1. The molecule has 4 rings (SSSR count). The molecule has 1 aromatic heterocycles. The van der Waals surface area contributed by atoms with Gasteiger partial charge in [0.25, 0.3) is 5.91 Å². The van der Waals surface area contributed by atoms with Gasteiger partial charge in [-0.3, -0.25) is 4.79 Å². The van der Waals surface area contributed by atoms with E-state index in [0.29, 0.717) is 5.56 Å². The molecule has 3 nitrogen and oxygen atoms in total. The zero-order chi connectivity index (χ0) is 18.6. The minimum absolute atomic E-state index is 0.104. The summed E-state index contributed by atoms with van der Waals surface area (Å²) >= 11 is 3.80. The molecule has 1 N–H and O–H groups in total. The monoisotopic (exact) mass is 482 g/mol. The van der Waals surface area contributed by atoms with E-state index >= 15 is 0 Å². The van der Waals surface area contributed by atoms with Crippen molar-refractivity contribution in [3.05, 3.63) is 93.4 Å². The number of hydrogen-bond donors (Lipinski definition) is 1. The second kappa shape index (κ2) is 8.02. The molecule has 0 fully saturated rings. The van der Waals surface area contributed by atoms with Crippen molar-refractivity contribution >= 4 is 45.5 Å². The molecule has 0 aliphatic carbocycles. The van der Waals surface area contributed by atoms with Crippen LogP contribution in [0.1, 0.15) is 10.4 Å². The zero-order valence-electron chi connectivity index (χ0n) is 14.2. The van der Waals surface area contributed by atoms with Crippen LogP contribution in [0.2, 0.25) is 0 Å². The molecule has 4 aromatic rings. The molecular weight excluding hydrogens is 467 g/mol. The van der Waals surface area contributed by atoms with Crippen LogP contribution in [0.5, 0.6) is 0 Å². The summed E-state index contributed by atoms with van der Waals surface area (Å²) in [5.74, 6) is -0.104. The van der Waals surface area contributed by atoms with Gasteiger partial charge in [-0.15, -0.1) is 11.3 Å². The predicted molar refractivity (Wildman–Crippen MR) is 120 cm³/mol. The van der Waals surface area contributed by atoms with Gasteiger partial charge in [-0.1, -0.05) is 54.6 Å². The Morgan fingerprint density at radius 1 is 0.852 bits per heavy atom. The van der Waals surface area contributed by atoms with Crippen LogP contribution >= 0.6 is 33.9 Å². The molecule has 0 saturated heterocycles. The summed E-state index contributed by atoms with van der Waals surface area (Å²) in [5.41, 5.74) is 4.53. The van der Waals surface area contributed by atoms with Gasteiger partial charge >= 0.3 is 0 Å². The number of thiazole rings is 1. The van der Waals surface area contributed by atoms with Crippen LogP contribution in [0.25, 0.3) is 21.8 Å². The van der Waals surface area contributed by atoms with Crippen LogP contribution in [0.15, 0.2) is 84.2 Å². The van der Waals surface area contributed by atoms with E-state index in [4.69, 9.17) is 4.98 Å². The number of nitrogens with one attached hydrogen (secondary N) is 1. The lowest BCUT2D eigenvalue weighted by Gasteiger charge is -2.07. The van der Waals surface area contributed by atoms with Gasteiger partial charge < -0.3 is 5.32 Å². The normalized spacial score (nSPS) is 10.6. The van der Waals surface area contributed by atoms with Gasteiger partial charge in [0.05, 0.1) is 11.3 Å². The van der Waals surface area contributed by atoms with Crippen LogP contribution in [0, 0.1) is 3.57 Å². The number of anilines is 1. The van der Waals surface area contributed by atoms with Crippen molar-refractivity contribution in [2.45, 2.75) is 0 Å². The molecule has 0 aliphatic heterocycles. The van der Waals surface area contributed by atoms with Gasteiger partial charge in [-0.05, 0) is 46.9 Å². The third-order valence-corrected chi connectivity index (χ3v) is 5.91. The summed E-state index contributed by atoms with van der Waals surface area (Å²) in [5, 5.41) is 6.01. The highest BCUT2D eigenvalue weighted by Crippen LogP contribution is 2.29. The lowest BCUT2D eigenvalue weighted by Crippen LogP contribution is -2.13. The van der Waals surface area contributed by atoms with Crippen LogP contribution in [0.4, 0.5) is 5.69 Å². The fourth-order valence-corrected chi connectivity index (χ4v) is 4.16. The van der Waals surface area contributed by atoms with E-state index in [1.165, 1.54) is 0 Å². The topological polar surface area (TPSA) is 42.0 Å². The molecule has 0 unspecified atom stereocenters. The smallest absolute Gasteiger partial charge is 0.256 e. The van der Waals surface area contributed by atoms with Crippen molar-refractivity contribution in [3.63, 3.8) is 0 Å². The Labute approximate surface area is 175 Å². The van der Waals surface area contributed by atoms with Crippen LogP contribution in [0.3, 0.4) is 0 Å². The maximum atomic E-state index is 12.4. The standard InChI is InChI=1S/C22H15IN2OS/c23-19-9-5-4-8-18(19)21(26)24-17-12-10-15(11-13-17)20-14-27-22(25-20)16-6-2-1-3-7-16/h1-14H,(H,24,26). The first kappa shape index (κ1) is 17.9. The highest BCUT2D eigenvalue weighted by atomic mass is 127. The molecule has 0 saturated carbocycles. The molecule has 5 heteroatoms. The number of rotatable bonds is 4. The molecule has 0 bridgehead atoms. The Bertz CT molecular complexity index is 1070. The second-order valence-corrected chi connectivity index (χ2v) is 7.94. The number of halogens is 1. The largest absolute Gasteiger partial charge is 0.322 e. The fraction of sp³-hybridized carbons (Fsp3) is 0. The van der Waals surface area contributed by atoms with Gasteiger partial charge in [-0.2, -0.15) is 0 Å². The summed E-state index contributed by atoms with van der Waals surface area (Å²) in [6.07, 6.45) is 0. The highest BCUT2D eigenvalue weighted by Gasteiger charge is 2.10. The van der Waals surface area contributed by atoms with Crippen molar-refractivity contribution in [2.24, 2.45) is 0 Å². The van der Waals surface area contributed by atoms with E-state index in [9.17, 15) is 4.79 Å². The Morgan fingerprint density at radius 2 is 1.56 bits per heavy atom. The van der Waals surface area contributed by atoms with E-state index in [-0.39, 0.29) is 5.91 Å². The molecule has 1 amide bonds. The van der Waals surface area contributed by atoms with E-state index in [2.05, 4.69) is 45.4 Å². The van der Waals surface area contributed by atoms with Gasteiger partial charge in [0, 0.05) is 25.8 Å². The number of carbonyl (C=O) groups is 1. The minimum atomic E-state index is -0.104. The molecule has 27 heavy (non-hydrogen) atoms. The van der Waals surface area contributed by atoms with E-state index in [0.717, 1.165) is 31.1 Å². The fourth-order valence-electron chi connectivity index (χ4n) is 2.69. The summed E-state index contributed by atoms with van der Waals surface area (Å²) in [6.45, 7) is 0. The number of aromatic nitrogens is 1. The van der Waals surface area contributed by atoms with Crippen molar-refractivity contribution in [3.8, 4) is 21.8 Å². The molecule has 0 atom stereocenters. The van der Waals surface area contributed by atoms with Crippen molar-refractivity contribution in [1.29, 1.82) is 0 Å². The predicted octanol–water partition coefficient (Wildman–Crippen LogP) is 6.33. The number of amides is 1. The average Bonchev–Trinajstić information content (AvgIpc) is 3.20. The zero-order valence-corrected chi connectivity index (χ0v) is 17.2. The third kappa shape index (κ3) is 4.09. The van der Waals surface area contributed by atoms with Gasteiger partial charge in [-0.25, -0.2) is 4.98 Å². The van der Waals surface area contributed by atoms with Gasteiger partial charge in [0.2, 0.25) is 0 Å². The molecule has 132 valence electrons. The summed E-state index contributed by atoms with van der Waals surface area (Å²) in [4.78, 5) is 17.2. The Hall–Kier alpha value is -2.51. The maximum absolute atomic E-state index is 12.4. The minimum Gasteiger partial charge on any atom is -0.322 e. The number of benzene rings is 3. The Balaban J connectivity index is 1.50. The first-order valence-corrected chi connectivity index (χ1v) is 10.3. The van der Waals surface area contributed by atoms with E-state index < -0.39 is 0 Å². The summed E-state index contributed by atoms with van der Waals surface area (Å²) in [7, 11) is 0. The van der Waals surface area contributed by atoms with E-state index in [1.54, 1.807) is 11.3 Å². The Morgan fingerprint density at radius 3 is 2.30 bits per heavy atom. The second-order valence-electron chi connectivity index (χ2n) is 5.92. The van der Waals surface area contributed by atoms with Crippen LogP contribution < -0.4 is 5.32 Å². The summed E-state index contributed by atoms with van der Waals surface area (Å²) < 4.78 is 0.931. The first-order valence-electron chi connectivity index (χ1n) is 8.38. The molecule has 1 heterocycles. The highest BCUT2D eigenvalue weighted by molar-refractivity contribution is 14.1. The van der Waals surface area contributed by atoms with Crippen molar-refractivity contribution in [1.82, 2.24) is 4.98 Å². The van der Waals surface area contributed by atoms with Crippen molar-refractivity contribution < 1.29 is 4.79 Å². The van der Waals surface area contributed by atoms with Crippen LogP contribution in [-0.4, -0.2) is 10.9 Å². The molecule has 3 aromatic carbocycles. The molecular formula is C22H15IN2OS. The number of hydrogen-bond acceptors (Lipinski definition) is 3. The van der Waals surface area contributed by atoms with Crippen LogP contribution in [-0.2, 0) is 0 Å².